The van der Waals surface area contributed by atoms with Crippen LogP contribution in [-0.2, 0) is 6.42 Å². The molecule has 0 spiro atoms. The van der Waals surface area contributed by atoms with Crippen LogP contribution in [0.25, 0.3) is 0 Å². The molecule has 103 valence electrons. The van der Waals surface area contributed by atoms with Crippen molar-refractivity contribution in [3.05, 3.63) is 71.9 Å². The van der Waals surface area contributed by atoms with Gasteiger partial charge in [0.15, 0.2) is 0 Å². The van der Waals surface area contributed by atoms with E-state index in [0.717, 1.165) is 24.0 Å². The van der Waals surface area contributed by atoms with Gasteiger partial charge in [0.05, 0.1) is 0 Å². The number of carbonyl (C=O) groups is 1. The number of rotatable bonds is 5. The summed E-state index contributed by atoms with van der Waals surface area (Å²) in [5.74, 6) is 0.205. The Morgan fingerprint density at radius 2 is 1.75 bits per heavy atom. The highest BCUT2D eigenvalue weighted by molar-refractivity contribution is 5.67. The number of aryl methyl sites for hydroxylation is 1. The van der Waals surface area contributed by atoms with E-state index in [1.807, 2.05) is 18.6 Å². The first-order valence-corrected chi connectivity index (χ1v) is 6.28. The maximum Gasteiger partial charge on any atom is 0.409 e. The van der Waals surface area contributed by atoms with E-state index < -0.39 is 6.09 Å². The van der Waals surface area contributed by atoms with Gasteiger partial charge in [0, 0.05) is 0 Å². The van der Waals surface area contributed by atoms with E-state index in [2.05, 4.69) is 0 Å². The highest BCUT2D eigenvalue weighted by Crippen LogP contribution is 2.15. The zero-order chi connectivity index (χ0) is 14.4. The normalized spacial score (nSPS) is 10.2. The molecule has 0 unspecified atom stereocenters. The lowest BCUT2D eigenvalue weighted by Crippen LogP contribution is -2.16. The zero-order valence-corrected chi connectivity index (χ0v) is 10.9. The van der Waals surface area contributed by atoms with Crippen LogP contribution in [0, 0.1) is 12.2 Å². The van der Waals surface area contributed by atoms with Gasteiger partial charge >= 0.3 is 6.09 Å². The average molecular weight is 272 g/mol. The second-order valence-electron chi connectivity index (χ2n) is 4.36. The molecular formula is C16H15FNO2. The number of amides is 1. The molecule has 1 radical (unpaired) electrons. The Morgan fingerprint density at radius 1 is 1.10 bits per heavy atom. The Balaban J connectivity index is 1.82. The predicted octanol–water partition coefficient (Wildman–Crippen LogP) is 3.47. The largest absolute Gasteiger partial charge is 0.411 e. The van der Waals surface area contributed by atoms with Gasteiger partial charge in [-0.15, -0.1) is 0 Å². The molecule has 0 bridgehead atoms. The maximum absolute atomic E-state index is 12.7. The summed E-state index contributed by atoms with van der Waals surface area (Å²) >= 11 is 0. The Labute approximate surface area is 117 Å². The second-order valence-corrected chi connectivity index (χ2v) is 4.36. The zero-order valence-electron chi connectivity index (χ0n) is 10.9. The van der Waals surface area contributed by atoms with Gasteiger partial charge in [-0.3, -0.25) is 0 Å². The molecule has 0 atom stereocenters. The lowest BCUT2D eigenvalue weighted by molar-refractivity contribution is 0.211. The number of hydrogen-bond donors (Lipinski definition) is 1. The van der Waals surface area contributed by atoms with Crippen LogP contribution in [-0.4, -0.2) is 6.09 Å². The molecule has 1 amide bonds. The van der Waals surface area contributed by atoms with Crippen LogP contribution in [0.1, 0.15) is 17.5 Å². The number of benzene rings is 2. The summed E-state index contributed by atoms with van der Waals surface area (Å²) in [7, 11) is 0. The SMILES string of the molecule is NC(=O)Oc1ccc(CC[CH]c2ccc(F)cc2)cc1. The van der Waals surface area contributed by atoms with E-state index in [1.165, 1.54) is 12.1 Å². The minimum Gasteiger partial charge on any atom is -0.411 e. The van der Waals surface area contributed by atoms with Gasteiger partial charge in [-0.25, -0.2) is 9.18 Å². The van der Waals surface area contributed by atoms with E-state index in [0.29, 0.717) is 5.75 Å². The Kier molecular flexibility index (Phi) is 4.71. The van der Waals surface area contributed by atoms with Crippen molar-refractivity contribution in [1.29, 1.82) is 0 Å². The van der Waals surface area contributed by atoms with Crippen LogP contribution in [0.2, 0.25) is 0 Å². The Morgan fingerprint density at radius 3 is 2.35 bits per heavy atom. The number of halogens is 1. The first kappa shape index (κ1) is 14.1. The molecule has 2 aromatic carbocycles. The lowest BCUT2D eigenvalue weighted by Gasteiger charge is -2.04. The van der Waals surface area contributed by atoms with Gasteiger partial charge in [0.1, 0.15) is 11.6 Å². The molecular weight excluding hydrogens is 257 g/mol. The molecule has 0 aliphatic heterocycles. The predicted molar refractivity (Wildman–Crippen MR) is 74.8 cm³/mol. The summed E-state index contributed by atoms with van der Waals surface area (Å²) in [6.45, 7) is 0. The van der Waals surface area contributed by atoms with Crippen molar-refractivity contribution in [2.45, 2.75) is 12.8 Å². The summed E-state index contributed by atoms with van der Waals surface area (Å²) in [5.41, 5.74) is 7.05. The number of carbonyl (C=O) groups excluding carboxylic acids is 1. The third-order valence-corrected chi connectivity index (χ3v) is 2.82. The summed E-state index contributed by atoms with van der Waals surface area (Å²) in [6, 6.07) is 13.6. The number of ether oxygens (including phenoxy) is 1. The lowest BCUT2D eigenvalue weighted by atomic mass is 10.0. The maximum atomic E-state index is 12.7. The molecule has 0 aliphatic rings. The van der Waals surface area contributed by atoms with E-state index in [-0.39, 0.29) is 5.82 Å². The van der Waals surface area contributed by atoms with E-state index in [9.17, 15) is 9.18 Å². The van der Waals surface area contributed by atoms with Crippen LogP contribution >= 0.6 is 0 Å². The Hall–Kier alpha value is -2.36. The Bertz CT molecular complexity index is 564. The molecule has 4 heteroatoms. The fraction of sp³-hybridized carbons (Fsp3) is 0.125. The third-order valence-electron chi connectivity index (χ3n) is 2.82. The third kappa shape index (κ3) is 4.39. The van der Waals surface area contributed by atoms with Crippen molar-refractivity contribution >= 4 is 6.09 Å². The highest BCUT2D eigenvalue weighted by atomic mass is 19.1. The fourth-order valence-electron chi connectivity index (χ4n) is 1.84. The van der Waals surface area contributed by atoms with Gasteiger partial charge in [0.25, 0.3) is 0 Å². The van der Waals surface area contributed by atoms with E-state index >= 15 is 0 Å². The number of nitrogens with two attached hydrogens (primary N) is 1. The summed E-state index contributed by atoms with van der Waals surface area (Å²) in [5, 5.41) is 0. The van der Waals surface area contributed by atoms with Gasteiger partial charge in [-0.1, -0.05) is 24.3 Å². The smallest absolute Gasteiger partial charge is 0.409 e. The van der Waals surface area contributed by atoms with Crippen LogP contribution in [0.4, 0.5) is 9.18 Å². The summed E-state index contributed by atoms with van der Waals surface area (Å²) < 4.78 is 17.5. The standard InChI is InChI=1S/C16H15FNO2/c17-14-8-4-12(5-9-14)2-1-3-13-6-10-15(11-7-13)20-16(18)19/h2,4-11H,1,3H2,(H2,18,19). The van der Waals surface area contributed by atoms with E-state index in [1.54, 1.807) is 24.3 Å². The minimum absolute atomic E-state index is 0.229. The van der Waals surface area contributed by atoms with Crippen molar-refractivity contribution in [2.24, 2.45) is 5.73 Å². The second kappa shape index (κ2) is 6.70. The highest BCUT2D eigenvalue weighted by Gasteiger charge is 2.00. The quantitative estimate of drug-likeness (QED) is 0.906. The molecule has 20 heavy (non-hydrogen) atoms. The minimum atomic E-state index is -0.817. The van der Waals surface area contributed by atoms with Crippen molar-refractivity contribution in [2.75, 3.05) is 0 Å². The molecule has 2 rings (SSSR count). The van der Waals surface area contributed by atoms with Crippen molar-refractivity contribution in [3.63, 3.8) is 0 Å². The van der Waals surface area contributed by atoms with Crippen LogP contribution in [0.15, 0.2) is 48.5 Å². The van der Waals surface area contributed by atoms with Crippen molar-refractivity contribution in [1.82, 2.24) is 0 Å². The van der Waals surface area contributed by atoms with Crippen molar-refractivity contribution in [3.8, 4) is 5.75 Å². The number of primary amides is 1. The van der Waals surface area contributed by atoms with E-state index in [4.69, 9.17) is 10.5 Å². The molecule has 0 heterocycles. The monoisotopic (exact) mass is 272 g/mol. The van der Waals surface area contributed by atoms with Crippen LogP contribution in [0.3, 0.4) is 0 Å². The number of hydrogen-bond acceptors (Lipinski definition) is 2. The molecule has 3 nitrogen and oxygen atoms in total. The molecule has 0 saturated carbocycles. The molecule has 2 aromatic rings. The topological polar surface area (TPSA) is 52.3 Å². The molecule has 0 aliphatic carbocycles. The van der Waals surface area contributed by atoms with Gasteiger partial charge in [0.2, 0.25) is 0 Å². The first-order valence-electron chi connectivity index (χ1n) is 6.28. The van der Waals surface area contributed by atoms with Crippen LogP contribution in [0.5, 0.6) is 5.75 Å². The van der Waals surface area contributed by atoms with Gasteiger partial charge in [-0.05, 0) is 54.7 Å². The first-order chi connectivity index (χ1) is 9.63. The van der Waals surface area contributed by atoms with Gasteiger partial charge < -0.3 is 10.5 Å². The molecule has 0 fully saturated rings. The molecule has 0 aromatic heterocycles. The fourth-order valence-corrected chi connectivity index (χ4v) is 1.84. The summed E-state index contributed by atoms with van der Waals surface area (Å²) in [6.07, 6.45) is 2.94. The van der Waals surface area contributed by atoms with Crippen molar-refractivity contribution < 1.29 is 13.9 Å². The van der Waals surface area contributed by atoms with Crippen LogP contribution < -0.4 is 10.5 Å². The summed E-state index contributed by atoms with van der Waals surface area (Å²) in [4.78, 5) is 10.6. The molecule has 2 N–H and O–H groups in total. The molecule has 0 saturated heterocycles. The van der Waals surface area contributed by atoms with Gasteiger partial charge in [-0.2, -0.15) is 0 Å². The average Bonchev–Trinajstić information content (AvgIpc) is 2.42.